The molecule has 3 aromatic rings. The average Bonchev–Trinajstić information content (AvgIpc) is 3.46. The lowest BCUT2D eigenvalue weighted by Crippen LogP contribution is -2.49. The van der Waals surface area contributed by atoms with Gasteiger partial charge in [0.2, 0.25) is 5.91 Å². The van der Waals surface area contributed by atoms with Crippen molar-refractivity contribution in [1.82, 2.24) is 10.2 Å². The van der Waals surface area contributed by atoms with Crippen LogP contribution in [-0.2, 0) is 20.9 Å². The van der Waals surface area contributed by atoms with Crippen LogP contribution in [0.5, 0.6) is 0 Å². The molecular formula is C26H26N2O5S. The number of carbonyl (C=O) groups is 3. The van der Waals surface area contributed by atoms with Crippen molar-refractivity contribution in [3.05, 3.63) is 82.0 Å². The minimum absolute atomic E-state index is 0.0839. The van der Waals surface area contributed by atoms with Crippen molar-refractivity contribution < 1.29 is 24.2 Å². The Morgan fingerprint density at radius 2 is 1.68 bits per heavy atom. The maximum absolute atomic E-state index is 13.1. The second-order valence-electron chi connectivity index (χ2n) is 8.05. The van der Waals surface area contributed by atoms with E-state index >= 15 is 0 Å². The number of hydrogen-bond donors (Lipinski definition) is 2. The minimum Gasteiger partial charge on any atom is -0.481 e. The molecule has 0 aliphatic heterocycles. The molecule has 1 aliphatic rings. The number of ether oxygens (including phenoxy) is 1. The van der Waals surface area contributed by atoms with E-state index in [1.165, 1.54) is 16.2 Å². The highest BCUT2D eigenvalue weighted by Crippen LogP contribution is 2.44. The number of carboxylic acids is 1. The summed E-state index contributed by atoms with van der Waals surface area (Å²) in [5.74, 6) is -1.76. The number of likely N-dealkylation sites (N-methyl/N-ethyl adjacent to an activating group) is 1. The van der Waals surface area contributed by atoms with Gasteiger partial charge in [-0.15, -0.1) is 11.3 Å². The molecule has 8 heteroatoms. The van der Waals surface area contributed by atoms with E-state index in [4.69, 9.17) is 4.74 Å². The average molecular weight is 479 g/mol. The molecule has 176 valence electrons. The van der Waals surface area contributed by atoms with E-state index in [0.717, 1.165) is 27.1 Å². The predicted octanol–water partition coefficient (Wildman–Crippen LogP) is 4.48. The molecule has 1 aliphatic carbocycles. The van der Waals surface area contributed by atoms with Gasteiger partial charge in [-0.05, 0) is 40.6 Å². The number of thiophene rings is 1. The van der Waals surface area contributed by atoms with Crippen LogP contribution < -0.4 is 5.32 Å². The zero-order valence-electron chi connectivity index (χ0n) is 18.8. The first kappa shape index (κ1) is 23.5. The van der Waals surface area contributed by atoms with Gasteiger partial charge in [-0.25, -0.2) is 4.79 Å². The first-order valence-electron chi connectivity index (χ1n) is 11.1. The highest BCUT2D eigenvalue weighted by molar-refractivity contribution is 7.09. The molecule has 0 radical (unpaired) electrons. The Kier molecular flexibility index (Phi) is 7.27. The smallest absolute Gasteiger partial charge is 0.407 e. The Morgan fingerprint density at radius 3 is 2.24 bits per heavy atom. The highest BCUT2D eigenvalue weighted by atomic mass is 32.1. The SMILES string of the molecule is CCN(Cc1cccs1)C(=O)C(CC(=O)O)NC(=O)OCC1c2ccccc2-c2ccccc21. The standard InChI is InChI=1S/C26H26N2O5S/c1-2-28(15-17-8-7-13-34-17)25(31)23(14-24(29)30)27-26(32)33-16-22-20-11-5-3-9-18(20)19-10-4-6-12-21(19)22/h3-13,22-23H,2,14-16H2,1H3,(H,27,32)(H,29,30). The summed E-state index contributed by atoms with van der Waals surface area (Å²) in [6, 6.07) is 18.6. The van der Waals surface area contributed by atoms with Crippen molar-refractivity contribution in [3.63, 3.8) is 0 Å². The van der Waals surface area contributed by atoms with Crippen LogP contribution in [-0.4, -0.2) is 47.2 Å². The second kappa shape index (κ2) is 10.5. The lowest BCUT2D eigenvalue weighted by atomic mass is 9.98. The topological polar surface area (TPSA) is 95.9 Å². The maximum Gasteiger partial charge on any atom is 0.407 e. The number of alkyl carbamates (subject to hydrolysis) is 1. The Balaban J connectivity index is 1.43. The molecule has 0 saturated heterocycles. The van der Waals surface area contributed by atoms with Gasteiger partial charge in [-0.1, -0.05) is 54.6 Å². The third-order valence-electron chi connectivity index (χ3n) is 5.93. The summed E-state index contributed by atoms with van der Waals surface area (Å²) < 4.78 is 5.51. The Bertz CT molecular complexity index is 1130. The number of amides is 2. The third kappa shape index (κ3) is 5.12. The summed E-state index contributed by atoms with van der Waals surface area (Å²) in [5.41, 5.74) is 4.36. The molecule has 2 N–H and O–H groups in total. The van der Waals surface area contributed by atoms with Gasteiger partial charge in [0, 0.05) is 17.3 Å². The van der Waals surface area contributed by atoms with Gasteiger partial charge in [0.1, 0.15) is 12.6 Å². The molecule has 4 rings (SSSR count). The van der Waals surface area contributed by atoms with E-state index < -0.39 is 30.4 Å². The summed E-state index contributed by atoms with van der Waals surface area (Å²) in [6.45, 7) is 2.64. The zero-order chi connectivity index (χ0) is 24.1. The number of nitrogens with zero attached hydrogens (tertiary/aromatic N) is 1. The predicted molar refractivity (Wildman–Crippen MR) is 130 cm³/mol. The van der Waals surface area contributed by atoms with Gasteiger partial charge in [-0.3, -0.25) is 9.59 Å². The van der Waals surface area contributed by atoms with Crippen LogP contribution in [0.3, 0.4) is 0 Å². The summed E-state index contributed by atoms with van der Waals surface area (Å²) in [6.07, 6.45) is -1.34. The molecular weight excluding hydrogens is 452 g/mol. The van der Waals surface area contributed by atoms with E-state index in [9.17, 15) is 19.5 Å². The highest BCUT2D eigenvalue weighted by Gasteiger charge is 2.31. The normalized spacial score (nSPS) is 13.0. The molecule has 0 saturated carbocycles. The van der Waals surface area contributed by atoms with E-state index in [-0.39, 0.29) is 12.5 Å². The van der Waals surface area contributed by atoms with Gasteiger partial charge >= 0.3 is 12.1 Å². The van der Waals surface area contributed by atoms with Crippen LogP contribution in [0.25, 0.3) is 11.1 Å². The summed E-state index contributed by atoms with van der Waals surface area (Å²) in [4.78, 5) is 39.6. The van der Waals surface area contributed by atoms with Gasteiger partial charge in [0.15, 0.2) is 0 Å². The number of aliphatic carboxylic acids is 1. The second-order valence-corrected chi connectivity index (χ2v) is 9.08. The van der Waals surface area contributed by atoms with Crippen LogP contribution in [0.4, 0.5) is 4.79 Å². The number of nitrogens with one attached hydrogen (secondary N) is 1. The van der Waals surface area contributed by atoms with Crippen molar-refractivity contribution in [2.75, 3.05) is 13.2 Å². The lowest BCUT2D eigenvalue weighted by molar-refractivity contribution is -0.142. The largest absolute Gasteiger partial charge is 0.481 e. The first-order valence-corrected chi connectivity index (χ1v) is 12.0. The van der Waals surface area contributed by atoms with Crippen molar-refractivity contribution in [3.8, 4) is 11.1 Å². The fourth-order valence-electron chi connectivity index (χ4n) is 4.31. The van der Waals surface area contributed by atoms with Gasteiger partial charge in [0.25, 0.3) is 0 Å². The Morgan fingerprint density at radius 1 is 1.03 bits per heavy atom. The molecule has 1 heterocycles. The monoisotopic (exact) mass is 478 g/mol. The van der Waals surface area contributed by atoms with E-state index in [0.29, 0.717) is 13.1 Å². The van der Waals surface area contributed by atoms with E-state index in [2.05, 4.69) is 5.32 Å². The van der Waals surface area contributed by atoms with Crippen LogP contribution in [0.2, 0.25) is 0 Å². The quantitative estimate of drug-likeness (QED) is 0.473. The molecule has 1 aromatic heterocycles. The number of hydrogen-bond acceptors (Lipinski definition) is 5. The molecule has 0 spiro atoms. The Hall–Kier alpha value is -3.65. The van der Waals surface area contributed by atoms with Gasteiger partial charge in [-0.2, -0.15) is 0 Å². The lowest BCUT2D eigenvalue weighted by Gasteiger charge is -2.26. The first-order chi connectivity index (χ1) is 16.5. The number of rotatable bonds is 9. The molecule has 1 unspecified atom stereocenters. The maximum atomic E-state index is 13.1. The fraction of sp³-hybridized carbons (Fsp3) is 0.269. The minimum atomic E-state index is -1.21. The molecule has 0 bridgehead atoms. The molecule has 1 atom stereocenters. The van der Waals surface area contributed by atoms with Gasteiger partial charge in [0.05, 0.1) is 13.0 Å². The number of carbonyl (C=O) groups excluding carboxylic acids is 2. The molecule has 2 amide bonds. The van der Waals surface area contributed by atoms with E-state index in [1.54, 1.807) is 0 Å². The fourth-order valence-corrected chi connectivity index (χ4v) is 5.03. The van der Waals surface area contributed by atoms with E-state index in [1.807, 2.05) is 73.0 Å². The van der Waals surface area contributed by atoms with Crippen molar-refractivity contribution in [2.45, 2.75) is 31.8 Å². The summed E-state index contributed by atoms with van der Waals surface area (Å²) in [5, 5.41) is 13.7. The summed E-state index contributed by atoms with van der Waals surface area (Å²) in [7, 11) is 0. The molecule has 34 heavy (non-hydrogen) atoms. The van der Waals surface area contributed by atoms with Gasteiger partial charge < -0.3 is 20.1 Å². The molecule has 0 fully saturated rings. The van der Waals surface area contributed by atoms with Crippen molar-refractivity contribution in [1.29, 1.82) is 0 Å². The molecule has 7 nitrogen and oxygen atoms in total. The Labute approximate surface area is 202 Å². The van der Waals surface area contributed by atoms with Crippen LogP contribution in [0.15, 0.2) is 66.0 Å². The number of fused-ring (bicyclic) bond motifs is 3. The van der Waals surface area contributed by atoms with Crippen LogP contribution in [0, 0.1) is 0 Å². The number of benzene rings is 2. The third-order valence-corrected chi connectivity index (χ3v) is 6.79. The molecule has 2 aromatic carbocycles. The zero-order valence-corrected chi connectivity index (χ0v) is 19.6. The van der Waals surface area contributed by atoms with Crippen molar-refractivity contribution >= 4 is 29.3 Å². The van der Waals surface area contributed by atoms with Crippen LogP contribution >= 0.6 is 11.3 Å². The summed E-state index contributed by atoms with van der Waals surface area (Å²) >= 11 is 1.51. The van der Waals surface area contributed by atoms with Crippen molar-refractivity contribution in [2.24, 2.45) is 0 Å². The number of carboxylic acid groups (broad SMARTS) is 1. The van der Waals surface area contributed by atoms with Crippen LogP contribution in [0.1, 0.15) is 35.3 Å².